The van der Waals surface area contributed by atoms with Gasteiger partial charge in [-0.15, -0.1) is 0 Å². The van der Waals surface area contributed by atoms with Crippen LogP contribution in [0.4, 0.5) is 17.8 Å². The molecule has 320 valence electrons. The fourth-order valence-electron chi connectivity index (χ4n) is 10.2. The quantitative estimate of drug-likeness (QED) is 0.0711. The minimum absolute atomic E-state index is 0.0339. The van der Waals surface area contributed by atoms with Gasteiger partial charge in [-0.1, -0.05) is 104 Å². The lowest BCUT2D eigenvalue weighted by Crippen LogP contribution is -2.60. The predicted molar refractivity (Wildman–Crippen MR) is 233 cm³/mol. The number of hydrogen-bond donors (Lipinski definition) is 3. The highest BCUT2D eigenvalue weighted by Gasteiger charge is 2.47. The van der Waals surface area contributed by atoms with Crippen molar-refractivity contribution in [3.63, 3.8) is 0 Å². The molecule has 0 saturated carbocycles. The minimum Gasteiger partial charge on any atom is -0.368 e. The van der Waals surface area contributed by atoms with Gasteiger partial charge in [-0.05, 0) is 119 Å². The van der Waals surface area contributed by atoms with E-state index in [-0.39, 0.29) is 28.1 Å². The SMILES string of the molecule is CCCCCCCCON1C(C)(C)CC(CCCCNc2nc(N)nc(NCCCCC3CC(C)(C)N(OCCCCCCCC)C(C)(C)C3)n2)CC1(C)C. The maximum atomic E-state index is 6.46. The topological polar surface area (TPSA) is 114 Å². The molecule has 0 atom stereocenters. The maximum Gasteiger partial charge on any atom is 0.229 e. The largest absolute Gasteiger partial charge is 0.368 e. The van der Waals surface area contributed by atoms with Gasteiger partial charge in [-0.2, -0.15) is 25.1 Å². The number of aromatic nitrogens is 3. The van der Waals surface area contributed by atoms with E-state index in [4.69, 9.17) is 15.4 Å². The summed E-state index contributed by atoms with van der Waals surface area (Å²) in [6.07, 6.45) is 27.1. The summed E-state index contributed by atoms with van der Waals surface area (Å²) in [7, 11) is 0. The maximum absolute atomic E-state index is 6.46. The number of nitrogens with two attached hydrogens (primary N) is 1. The molecule has 3 rings (SSSR count). The molecule has 1 aromatic rings. The van der Waals surface area contributed by atoms with Gasteiger partial charge in [0.1, 0.15) is 0 Å². The average Bonchev–Trinajstić information content (AvgIpc) is 3.08. The summed E-state index contributed by atoms with van der Waals surface area (Å²) in [4.78, 5) is 26.3. The Morgan fingerprint density at radius 3 is 1.22 bits per heavy atom. The summed E-state index contributed by atoms with van der Waals surface area (Å²) >= 11 is 0. The zero-order valence-corrected chi connectivity index (χ0v) is 37.7. The molecular formula is C45H88N8O2. The van der Waals surface area contributed by atoms with E-state index >= 15 is 0 Å². The first kappa shape index (κ1) is 47.6. The highest BCUT2D eigenvalue weighted by molar-refractivity contribution is 5.39. The van der Waals surface area contributed by atoms with Gasteiger partial charge in [0.15, 0.2) is 0 Å². The summed E-state index contributed by atoms with van der Waals surface area (Å²) in [5.74, 6) is 2.76. The number of piperidine rings is 2. The van der Waals surface area contributed by atoms with Gasteiger partial charge in [0.25, 0.3) is 0 Å². The minimum atomic E-state index is 0.0339. The number of rotatable bonds is 28. The van der Waals surface area contributed by atoms with Crippen molar-refractivity contribution in [1.29, 1.82) is 0 Å². The molecule has 0 unspecified atom stereocenters. The zero-order chi connectivity index (χ0) is 40.4. The molecule has 4 N–H and O–H groups in total. The molecule has 0 radical (unpaired) electrons. The van der Waals surface area contributed by atoms with Crippen molar-refractivity contribution >= 4 is 17.8 Å². The second-order valence-electron chi connectivity index (χ2n) is 19.8. The number of unbranched alkanes of at least 4 members (excludes halogenated alkanes) is 12. The molecule has 2 saturated heterocycles. The zero-order valence-electron chi connectivity index (χ0n) is 37.7. The van der Waals surface area contributed by atoms with Crippen LogP contribution in [0.25, 0.3) is 0 Å². The summed E-state index contributed by atoms with van der Waals surface area (Å²) in [6.45, 7) is 26.8. The summed E-state index contributed by atoms with van der Waals surface area (Å²) < 4.78 is 0. The molecule has 0 bridgehead atoms. The van der Waals surface area contributed by atoms with Crippen LogP contribution in [-0.2, 0) is 9.68 Å². The normalized spacial score (nSPS) is 20.2. The van der Waals surface area contributed by atoms with E-state index in [0.717, 1.165) is 52.0 Å². The van der Waals surface area contributed by atoms with Gasteiger partial charge >= 0.3 is 0 Å². The number of nitrogens with one attached hydrogen (secondary N) is 2. The Balaban J connectivity index is 1.32. The summed E-state index contributed by atoms with van der Waals surface area (Å²) in [5, 5.41) is 11.5. The Kier molecular flexibility index (Phi) is 20.4. The van der Waals surface area contributed by atoms with Crippen LogP contribution in [0.15, 0.2) is 0 Å². The molecule has 0 aromatic carbocycles. The van der Waals surface area contributed by atoms with Crippen molar-refractivity contribution in [2.75, 3.05) is 42.7 Å². The molecule has 1 aromatic heterocycles. The predicted octanol–water partition coefficient (Wildman–Crippen LogP) is 11.7. The fourth-order valence-corrected chi connectivity index (χ4v) is 10.2. The van der Waals surface area contributed by atoms with Crippen molar-refractivity contribution in [1.82, 2.24) is 25.1 Å². The van der Waals surface area contributed by atoms with Crippen molar-refractivity contribution in [2.24, 2.45) is 11.8 Å². The number of nitrogens with zero attached hydrogens (tertiary/aromatic N) is 5. The molecule has 10 heteroatoms. The Labute approximate surface area is 339 Å². The molecule has 2 aliphatic heterocycles. The molecule has 0 spiro atoms. The second-order valence-corrected chi connectivity index (χ2v) is 19.8. The number of anilines is 3. The van der Waals surface area contributed by atoms with Crippen LogP contribution < -0.4 is 16.4 Å². The van der Waals surface area contributed by atoms with Crippen LogP contribution >= 0.6 is 0 Å². The molecule has 0 amide bonds. The van der Waals surface area contributed by atoms with Crippen molar-refractivity contribution < 1.29 is 9.68 Å². The van der Waals surface area contributed by atoms with Crippen LogP contribution in [0.5, 0.6) is 0 Å². The standard InChI is InChI=1S/C45H88N8O2/c1-11-13-15-17-19-25-31-54-52-42(3,4)33-37(34-43(52,5)6)27-21-23-29-47-40-49-39(46)50-41(51-40)48-30-24-22-28-38-35-44(7,8)53(45(9,10)36-38)55-32-26-20-18-16-14-12-2/h37-38H,11-36H2,1-10H3,(H4,46,47,48,49,50,51). The molecule has 55 heavy (non-hydrogen) atoms. The third-order valence-electron chi connectivity index (χ3n) is 12.1. The molecule has 2 aliphatic rings. The highest BCUT2D eigenvalue weighted by atomic mass is 16.7. The van der Waals surface area contributed by atoms with Gasteiger partial charge in [0.2, 0.25) is 17.8 Å². The van der Waals surface area contributed by atoms with Gasteiger partial charge in [-0.3, -0.25) is 9.68 Å². The van der Waals surface area contributed by atoms with Crippen LogP contribution in [0.1, 0.15) is 210 Å². The van der Waals surface area contributed by atoms with Crippen LogP contribution in [0.3, 0.4) is 0 Å². The van der Waals surface area contributed by atoms with E-state index in [0.29, 0.717) is 23.7 Å². The van der Waals surface area contributed by atoms with Crippen molar-refractivity contribution in [3.8, 4) is 0 Å². The van der Waals surface area contributed by atoms with Crippen LogP contribution in [-0.4, -0.2) is 73.5 Å². The smallest absolute Gasteiger partial charge is 0.229 e. The van der Waals surface area contributed by atoms with Crippen LogP contribution in [0.2, 0.25) is 0 Å². The van der Waals surface area contributed by atoms with E-state index in [1.807, 2.05) is 0 Å². The molecule has 10 nitrogen and oxygen atoms in total. The van der Waals surface area contributed by atoms with Crippen molar-refractivity contribution in [3.05, 3.63) is 0 Å². The Bertz CT molecular complexity index is 1070. The first-order chi connectivity index (χ1) is 26.1. The number of hydroxylamine groups is 4. The summed E-state index contributed by atoms with van der Waals surface area (Å²) in [5.41, 5.74) is 6.23. The molecule has 0 aliphatic carbocycles. The molecule has 3 heterocycles. The third kappa shape index (κ3) is 16.9. The van der Waals surface area contributed by atoms with Gasteiger partial charge in [0, 0.05) is 35.2 Å². The van der Waals surface area contributed by atoms with E-state index in [1.165, 1.54) is 116 Å². The summed E-state index contributed by atoms with van der Waals surface area (Å²) in [6, 6.07) is 0. The average molecular weight is 773 g/mol. The highest BCUT2D eigenvalue weighted by Crippen LogP contribution is 2.44. The van der Waals surface area contributed by atoms with E-state index in [1.54, 1.807) is 0 Å². The van der Waals surface area contributed by atoms with E-state index < -0.39 is 0 Å². The fraction of sp³-hybridized carbons (Fsp3) is 0.933. The lowest BCUT2D eigenvalue weighted by atomic mass is 9.73. The second kappa shape index (κ2) is 23.6. The van der Waals surface area contributed by atoms with Crippen LogP contribution in [0, 0.1) is 11.8 Å². The Hall–Kier alpha value is -1.75. The number of nitrogen functional groups attached to an aromatic ring is 1. The first-order valence-electron chi connectivity index (χ1n) is 23.0. The Morgan fingerprint density at radius 2 is 0.855 bits per heavy atom. The lowest BCUT2D eigenvalue weighted by molar-refractivity contribution is -0.288. The van der Waals surface area contributed by atoms with E-state index in [9.17, 15) is 0 Å². The Morgan fingerprint density at radius 1 is 0.509 bits per heavy atom. The van der Waals surface area contributed by atoms with Gasteiger partial charge in [-0.25, -0.2) is 0 Å². The number of hydrogen-bond acceptors (Lipinski definition) is 10. The third-order valence-corrected chi connectivity index (χ3v) is 12.1. The lowest BCUT2D eigenvalue weighted by Gasteiger charge is -2.54. The van der Waals surface area contributed by atoms with Gasteiger partial charge in [0.05, 0.1) is 13.2 Å². The van der Waals surface area contributed by atoms with E-state index in [2.05, 4.69) is 105 Å². The van der Waals surface area contributed by atoms with Crippen molar-refractivity contribution in [2.45, 2.75) is 233 Å². The monoisotopic (exact) mass is 773 g/mol. The van der Waals surface area contributed by atoms with Gasteiger partial charge < -0.3 is 16.4 Å². The molecule has 2 fully saturated rings. The first-order valence-corrected chi connectivity index (χ1v) is 23.0. The molecular weight excluding hydrogens is 685 g/mol.